The third-order valence-electron chi connectivity index (χ3n) is 3.08. The van der Waals surface area contributed by atoms with Gasteiger partial charge in [0.05, 0.1) is 0 Å². The van der Waals surface area contributed by atoms with Crippen molar-refractivity contribution in [1.29, 1.82) is 0 Å². The molecule has 3 aromatic carbocycles. The van der Waals surface area contributed by atoms with Crippen LogP contribution in [0.1, 0.15) is 69.2 Å². The van der Waals surface area contributed by atoms with Gasteiger partial charge in [-0.05, 0) is 28.3 Å². The van der Waals surface area contributed by atoms with Crippen molar-refractivity contribution in [3.8, 4) is 22.3 Å². The minimum atomic E-state index is 1.26. The molecule has 0 unspecified atom stereocenters. The Bertz CT molecular complexity index is 570. The number of rotatable bonds is 2. The van der Waals surface area contributed by atoms with Crippen LogP contribution in [0.15, 0.2) is 84.9 Å². The van der Waals surface area contributed by atoms with Crippen LogP contribution in [0.2, 0.25) is 0 Å². The number of benzene rings is 3. The number of hydrogen-bond acceptors (Lipinski definition) is 0. The highest BCUT2D eigenvalue weighted by Crippen LogP contribution is 2.25. The van der Waals surface area contributed by atoms with Gasteiger partial charge in [0.15, 0.2) is 0 Å². The minimum Gasteiger partial charge on any atom is -0.0683 e. The van der Waals surface area contributed by atoms with Gasteiger partial charge in [0.1, 0.15) is 0 Å². The van der Waals surface area contributed by atoms with Gasteiger partial charge in [-0.2, -0.15) is 0 Å². The fourth-order valence-electron chi connectivity index (χ4n) is 2.14. The third kappa shape index (κ3) is 12.1. The molecule has 0 heteroatoms. The highest BCUT2D eigenvalue weighted by Gasteiger charge is 2.00. The largest absolute Gasteiger partial charge is 0.0683 e. The Morgan fingerprint density at radius 1 is 0.286 bits per heavy atom. The molecule has 0 N–H and O–H groups in total. The Kier molecular flexibility index (Phi) is 26.8. The van der Waals surface area contributed by atoms with Crippen LogP contribution in [0, 0.1) is 0 Å². The molecular formula is C28H44. The average molecular weight is 381 g/mol. The van der Waals surface area contributed by atoms with Crippen LogP contribution in [0.5, 0.6) is 0 Å². The fraction of sp³-hybridized carbons (Fsp3) is 0.357. The van der Waals surface area contributed by atoms with Gasteiger partial charge in [-0.25, -0.2) is 0 Å². The van der Waals surface area contributed by atoms with E-state index in [0.29, 0.717) is 0 Å². The molecule has 0 aromatic heterocycles. The summed E-state index contributed by atoms with van der Waals surface area (Å²) in [4.78, 5) is 0. The summed E-state index contributed by atoms with van der Waals surface area (Å²) in [6.07, 6.45) is 0. The van der Waals surface area contributed by atoms with Crippen molar-refractivity contribution in [3.05, 3.63) is 84.9 Å². The van der Waals surface area contributed by atoms with Crippen molar-refractivity contribution in [3.63, 3.8) is 0 Å². The lowest BCUT2D eigenvalue weighted by Gasteiger charge is -2.05. The van der Waals surface area contributed by atoms with Crippen molar-refractivity contribution in [2.45, 2.75) is 69.2 Å². The second-order valence-corrected chi connectivity index (χ2v) is 4.31. The summed E-state index contributed by atoms with van der Waals surface area (Å²) in [5, 5.41) is 0. The molecule has 0 saturated carbocycles. The number of hydrogen-bond donors (Lipinski definition) is 0. The molecule has 0 aliphatic carbocycles. The van der Waals surface area contributed by atoms with Gasteiger partial charge in [-0.3, -0.25) is 0 Å². The van der Waals surface area contributed by atoms with E-state index in [1.807, 2.05) is 81.4 Å². The zero-order valence-corrected chi connectivity index (χ0v) is 20.1. The van der Waals surface area contributed by atoms with Crippen LogP contribution in [0.25, 0.3) is 22.3 Å². The quantitative estimate of drug-likeness (QED) is 0.414. The molecule has 0 heterocycles. The maximum absolute atomic E-state index is 2.24. The van der Waals surface area contributed by atoms with E-state index < -0.39 is 0 Å². The second kappa shape index (κ2) is 24.7. The lowest BCUT2D eigenvalue weighted by atomic mass is 9.99. The predicted octanol–water partition coefficient (Wildman–Crippen LogP) is 10.2. The first-order chi connectivity index (χ1) is 13.9. The van der Waals surface area contributed by atoms with E-state index in [1.54, 1.807) is 0 Å². The van der Waals surface area contributed by atoms with Gasteiger partial charge in [0.25, 0.3) is 0 Å². The highest BCUT2D eigenvalue weighted by atomic mass is 14.0. The van der Waals surface area contributed by atoms with Gasteiger partial charge in [-0.15, -0.1) is 0 Å². The summed E-state index contributed by atoms with van der Waals surface area (Å²) < 4.78 is 0. The normalized spacial score (nSPS) is 7.64. The van der Waals surface area contributed by atoms with E-state index in [1.165, 1.54) is 22.3 Å². The molecule has 3 rings (SSSR count). The monoisotopic (exact) mass is 380 g/mol. The van der Waals surface area contributed by atoms with Crippen LogP contribution < -0.4 is 0 Å². The Morgan fingerprint density at radius 3 is 0.821 bits per heavy atom. The van der Waals surface area contributed by atoms with Crippen molar-refractivity contribution in [1.82, 2.24) is 0 Å². The fourth-order valence-corrected chi connectivity index (χ4v) is 2.14. The van der Waals surface area contributed by atoms with E-state index >= 15 is 0 Å². The third-order valence-corrected chi connectivity index (χ3v) is 3.08. The summed E-state index contributed by atoms with van der Waals surface area (Å²) in [6.45, 7) is 20.0. The Labute approximate surface area is 176 Å². The SMILES string of the molecule is CC.CC.CC.CC.CC.c1ccc(-c2cccc(-c3ccccc3)c2)cc1. The summed E-state index contributed by atoms with van der Waals surface area (Å²) in [5.41, 5.74) is 5.04. The predicted molar refractivity (Wildman–Crippen MR) is 134 cm³/mol. The van der Waals surface area contributed by atoms with Crippen LogP contribution >= 0.6 is 0 Å². The molecule has 3 aromatic rings. The second-order valence-electron chi connectivity index (χ2n) is 4.31. The van der Waals surface area contributed by atoms with Crippen molar-refractivity contribution in [2.75, 3.05) is 0 Å². The molecule has 0 aliphatic rings. The van der Waals surface area contributed by atoms with Crippen LogP contribution in [-0.4, -0.2) is 0 Å². The lowest BCUT2D eigenvalue weighted by molar-refractivity contribution is 1.50. The van der Waals surface area contributed by atoms with Crippen LogP contribution in [-0.2, 0) is 0 Å². The molecule has 0 fully saturated rings. The molecule has 0 amide bonds. The molecule has 28 heavy (non-hydrogen) atoms. The highest BCUT2D eigenvalue weighted by molar-refractivity contribution is 5.72. The van der Waals surface area contributed by atoms with Gasteiger partial charge < -0.3 is 0 Å². The Morgan fingerprint density at radius 2 is 0.536 bits per heavy atom. The first-order valence-electron chi connectivity index (χ1n) is 11.1. The molecule has 0 aliphatic heterocycles. The minimum absolute atomic E-state index is 1.26. The first-order valence-corrected chi connectivity index (χ1v) is 11.1. The Balaban J connectivity index is -0.000000548. The molecule has 0 atom stereocenters. The lowest BCUT2D eigenvalue weighted by Crippen LogP contribution is -1.80. The van der Waals surface area contributed by atoms with Crippen molar-refractivity contribution >= 4 is 0 Å². The summed E-state index contributed by atoms with van der Waals surface area (Å²) in [6, 6.07) is 29.6. The molecule has 0 radical (unpaired) electrons. The van der Waals surface area contributed by atoms with E-state index in [-0.39, 0.29) is 0 Å². The van der Waals surface area contributed by atoms with E-state index in [9.17, 15) is 0 Å². The maximum atomic E-state index is 2.24. The van der Waals surface area contributed by atoms with Crippen molar-refractivity contribution in [2.24, 2.45) is 0 Å². The van der Waals surface area contributed by atoms with Crippen LogP contribution in [0.4, 0.5) is 0 Å². The van der Waals surface area contributed by atoms with Crippen molar-refractivity contribution < 1.29 is 0 Å². The standard InChI is InChI=1S/C18H14.5C2H6/c1-3-8-15(9-4-1)17-12-7-13-18(14-17)16-10-5-2-6-11-16;5*1-2/h1-14H;5*1-2H3. The zero-order valence-electron chi connectivity index (χ0n) is 20.1. The smallest absolute Gasteiger partial charge is 0.0178 e. The van der Waals surface area contributed by atoms with E-state index in [2.05, 4.69) is 72.8 Å². The summed E-state index contributed by atoms with van der Waals surface area (Å²) >= 11 is 0. The van der Waals surface area contributed by atoms with Crippen LogP contribution in [0.3, 0.4) is 0 Å². The molecule has 0 nitrogen and oxygen atoms in total. The molecule has 0 spiro atoms. The Hall–Kier alpha value is -2.34. The first kappa shape index (κ1) is 30.4. The van der Waals surface area contributed by atoms with E-state index in [0.717, 1.165) is 0 Å². The molecule has 156 valence electrons. The van der Waals surface area contributed by atoms with Gasteiger partial charge in [-0.1, -0.05) is 148 Å². The molecular weight excluding hydrogens is 336 g/mol. The topological polar surface area (TPSA) is 0 Å². The molecule has 0 saturated heterocycles. The van der Waals surface area contributed by atoms with Gasteiger partial charge in [0.2, 0.25) is 0 Å². The molecule has 0 bridgehead atoms. The zero-order chi connectivity index (χ0) is 22.2. The van der Waals surface area contributed by atoms with E-state index in [4.69, 9.17) is 0 Å². The van der Waals surface area contributed by atoms with Gasteiger partial charge >= 0.3 is 0 Å². The summed E-state index contributed by atoms with van der Waals surface area (Å²) in [5.74, 6) is 0. The average Bonchev–Trinajstić information content (AvgIpc) is 2.86. The summed E-state index contributed by atoms with van der Waals surface area (Å²) in [7, 11) is 0. The van der Waals surface area contributed by atoms with Gasteiger partial charge in [0, 0.05) is 0 Å². The maximum Gasteiger partial charge on any atom is -0.0178 e.